The van der Waals surface area contributed by atoms with E-state index in [1.54, 1.807) is 0 Å². The van der Waals surface area contributed by atoms with Crippen molar-refractivity contribution in [3.05, 3.63) is 12.2 Å². The molecule has 0 aromatic rings. The van der Waals surface area contributed by atoms with E-state index in [1.165, 1.54) is 70.9 Å². The van der Waals surface area contributed by atoms with Crippen molar-refractivity contribution in [2.75, 3.05) is 13.1 Å². The molecule has 3 saturated carbocycles. The molecule has 0 bridgehead atoms. The Labute approximate surface area is 154 Å². The molecule has 0 radical (unpaired) electrons. The molecule has 25 heavy (non-hydrogen) atoms. The van der Waals surface area contributed by atoms with Crippen molar-refractivity contribution < 1.29 is 5.11 Å². The van der Waals surface area contributed by atoms with Gasteiger partial charge in [0, 0.05) is 6.04 Å². The van der Waals surface area contributed by atoms with Crippen LogP contribution in [0.25, 0.3) is 0 Å². The predicted molar refractivity (Wildman–Crippen MR) is 102 cm³/mol. The van der Waals surface area contributed by atoms with Gasteiger partial charge in [0.25, 0.3) is 0 Å². The smallest absolute Gasteiger partial charge is 0.0751 e. The molecule has 140 valence electrons. The Morgan fingerprint density at radius 2 is 1.76 bits per heavy atom. The first kappa shape index (κ1) is 16.8. The van der Waals surface area contributed by atoms with Gasteiger partial charge in [0.05, 0.1) is 6.10 Å². The third-order valence-corrected chi connectivity index (χ3v) is 9.79. The number of rotatable bonds is 1. The lowest BCUT2D eigenvalue weighted by molar-refractivity contribution is -0.111. The van der Waals surface area contributed by atoms with Crippen LogP contribution in [0, 0.1) is 34.5 Å². The number of fused-ring (bicyclic) bond motifs is 5. The van der Waals surface area contributed by atoms with E-state index in [2.05, 4.69) is 30.9 Å². The second kappa shape index (κ2) is 5.83. The summed E-state index contributed by atoms with van der Waals surface area (Å²) in [5.41, 5.74) is 0.720. The number of hydrogen-bond donors (Lipinski definition) is 1. The monoisotopic (exact) mass is 343 g/mol. The van der Waals surface area contributed by atoms with Crippen LogP contribution < -0.4 is 0 Å². The molecule has 0 aromatic heterocycles. The fourth-order valence-corrected chi connectivity index (χ4v) is 8.25. The zero-order valence-electron chi connectivity index (χ0n) is 16.3. The van der Waals surface area contributed by atoms with E-state index in [-0.39, 0.29) is 11.5 Å². The fourth-order valence-electron chi connectivity index (χ4n) is 8.25. The third kappa shape index (κ3) is 2.29. The number of allylic oxidation sites excluding steroid dienone is 2. The maximum absolute atomic E-state index is 11.3. The predicted octanol–water partition coefficient (Wildman–Crippen LogP) is 4.63. The number of aliphatic hydroxyl groups is 1. The Morgan fingerprint density at radius 1 is 0.960 bits per heavy atom. The van der Waals surface area contributed by atoms with Gasteiger partial charge in [0.15, 0.2) is 0 Å². The summed E-state index contributed by atoms with van der Waals surface area (Å²) in [6.07, 6.45) is 16.9. The second-order valence-corrected chi connectivity index (χ2v) is 10.6. The first-order valence-electron chi connectivity index (χ1n) is 11.1. The highest BCUT2D eigenvalue weighted by Gasteiger charge is 2.62. The van der Waals surface area contributed by atoms with Crippen molar-refractivity contribution in [2.45, 2.75) is 83.8 Å². The van der Waals surface area contributed by atoms with E-state index in [0.717, 1.165) is 23.7 Å². The minimum absolute atomic E-state index is 0.0895. The van der Waals surface area contributed by atoms with Crippen molar-refractivity contribution >= 4 is 0 Å². The van der Waals surface area contributed by atoms with Crippen LogP contribution in [0.2, 0.25) is 0 Å². The largest absolute Gasteiger partial charge is 0.391 e. The SMILES string of the molecule is C[C@]12CC=CCC1CCC1C2CC[C@@]2(C)C1C[C@H](N1CCCC1)C2O. The molecule has 4 aliphatic carbocycles. The highest BCUT2D eigenvalue weighted by molar-refractivity contribution is 5.14. The molecule has 0 aromatic carbocycles. The van der Waals surface area contributed by atoms with Gasteiger partial charge in [-0.15, -0.1) is 0 Å². The Hall–Kier alpha value is -0.340. The van der Waals surface area contributed by atoms with Crippen LogP contribution >= 0.6 is 0 Å². The molecular weight excluding hydrogens is 306 g/mol. The van der Waals surface area contributed by atoms with Crippen LogP contribution in [-0.4, -0.2) is 35.2 Å². The lowest BCUT2D eigenvalue weighted by Gasteiger charge is -2.59. The first-order valence-corrected chi connectivity index (χ1v) is 11.1. The molecule has 1 saturated heterocycles. The lowest BCUT2D eigenvalue weighted by atomic mass is 9.46. The Balaban J connectivity index is 1.44. The van der Waals surface area contributed by atoms with E-state index in [9.17, 15) is 5.11 Å². The van der Waals surface area contributed by atoms with Crippen molar-refractivity contribution in [3.8, 4) is 0 Å². The van der Waals surface area contributed by atoms with Crippen LogP contribution in [-0.2, 0) is 0 Å². The summed E-state index contributed by atoms with van der Waals surface area (Å²) < 4.78 is 0. The van der Waals surface area contributed by atoms with Crippen LogP contribution in [0.4, 0.5) is 0 Å². The standard InChI is InChI=1S/C23H37NO/c1-22-11-4-3-7-16(22)8-9-17-18(22)10-12-23(2)19(17)15-20(21(23)25)24-13-5-6-14-24/h3-4,16-21,25H,5-15H2,1-2H3/t16?,17?,18?,19?,20-,21?,22-,23-/m0/s1. The molecule has 5 aliphatic rings. The lowest BCUT2D eigenvalue weighted by Crippen LogP contribution is -2.53. The van der Waals surface area contributed by atoms with Gasteiger partial charge in [0.1, 0.15) is 0 Å². The van der Waals surface area contributed by atoms with Gasteiger partial charge in [-0.3, -0.25) is 4.90 Å². The average molecular weight is 344 g/mol. The fraction of sp³-hybridized carbons (Fsp3) is 0.913. The van der Waals surface area contributed by atoms with Crippen molar-refractivity contribution in [1.29, 1.82) is 0 Å². The van der Waals surface area contributed by atoms with Gasteiger partial charge >= 0.3 is 0 Å². The Morgan fingerprint density at radius 3 is 2.56 bits per heavy atom. The van der Waals surface area contributed by atoms with Gasteiger partial charge in [-0.1, -0.05) is 26.0 Å². The molecule has 2 heteroatoms. The topological polar surface area (TPSA) is 23.5 Å². The van der Waals surface area contributed by atoms with Crippen LogP contribution in [0.3, 0.4) is 0 Å². The Kier molecular flexibility index (Phi) is 3.92. The number of aliphatic hydroxyl groups excluding tert-OH is 1. The summed E-state index contributed by atoms with van der Waals surface area (Å²) in [6.45, 7) is 7.51. The van der Waals surface area contributed by atoms with Gasteiger partial charge < -0.3 is 5.11 Å². The van der Waals surface area contributed by atoms with E-state index in [1.807, 2.05) is 0 Å². The molecule has 4 fully saturated rings. The third-order valence-electron chi connectivity index (χ3n) is 9.79. The zero-order chi connectivity index (χ0) is 17.2. The number of nitrogens with zero attached hydrogens (tertiary/aromatic N) is 1. The van der Waals surface area contributed by atoms with E-state index in [4.69, 9.17) is 0 Å². The summed E-state index contributed by atoms with van der Waals surface area (Å²) in [6, 6.07) is 0.452. The van der Waals surface area contributed by atoms with Crippen LogP contribution in [0.1, 0.15) is 71.6 Å². The maximum atomic E-state index is 11.3. The normalized spacial score (nSPS) is 55.6. The van der Waals surface area contributed by atoms with Crippen molar-refractivity contribution in [3.63, 3.8) is 0 Å². The zero-order valence-corrected chi connectivity index (χ0v) is 16.3. The molecule has 1 heterocycles. The van der Waals surface area contributed by atoms with E-state index >= 15 is 0 Å². The maximum Gasteiger partial charge on any atom is 0.0751 e. The van der Waals surface area contributed by atoms with E-state index in [0.29, 0.717) is 11.5 Å². The first-order chi connectivity index (χ1) is 12.0. The summed E-state index contributed by atoms with van der Waals surface area (Å²) in [5.74, 6) is 3.45. The van der Waals surface area contributed by atoms with Gasteiger partial charge in [-0.2, -0.15) is 0 Å². The molecule has 1 aliphatic heterocycles. The molecule has 8 atom stereocenters. The molecule has 5 rings (SSSR count). The van der Waals surface area contributed by atoms with E-state index < -0.39 is 0 Å². The van der Waals surface area contributed by atoms with Crippen molar-refractivity contribution in [2.24, 2.45) is 34.5 Å². The highest BCUT2D eigenvalue weighted by Crippen LogP contribution is 2.66. The summed E-state index contributed by atoms with van der Waals surface area (Å²) in [5, 5.41) is 11.3. The summed E-state index contributed by atoms with van der Waals surface area (Å²) in [7, 11) is 0. The minimum atomic E-state index is -0.0895. The summed E-state index contributed by atoms with van der Waals surface area (Å²) >= 11 is 0. The highest BCUT2D eigenvalue weighted by atomic mass is 16.3. The van der Waals surface area contributed by atoms with Crippen molar-refractivity contribution in [1.82, 2.24) is 4.90 Å². The molecule has 5 unspecified atom stereocenters. The van der Waals surface area contributed by atoms with Gasteiger partial charge in [0.2, 0.25) is 0 Å². The molecule has 1 N–H and O–H groups in total. The average Bonchev–Trinajstić information content (AvgIpc) is 3.21. The number of likely N-dealkylation sites (tertiary alicyclic amines) is 1. The number of hydrogen-bond acceptors (Lipinski definition) is 2. The van der Waals surface area contributed by atoms with Crippen LogP contribution in [0.15, 0.2) is 12.2 Å². The van der Waals surface area contributed by atoms with Gasteiger partial charge in [-0.25, -0.2) is 0 Å². The second-order valence-electron chi connectivity index (χ2n) is 10.6. The quantitative estimate of drug-likeness (QED) is 0.702. The van der Waals surface area contributed by atoms with Gasteiger partial charge in [-0.05, 0) is 105 Å². The molecule has 2 nitrogen and oxygen atoms in total. The molecule has 0 spiro atoms. The summed E-state index contributed by atoms with van der Waals surface area (Å²) in [4.78, 5) is 2.64. The minimum Gasteiger partial charge on any atom is -0.391 e. The molecular formula is C23H37NO. The molecule has 0 amide bonds. The van der Waals surface area contributed by atoms with Crippen LogP contribution in [0.5, 0.6) is 0 Å². The Bertz CT molecular complexity index is 552.